The minimum absolute atomic E-state index is 0.263. The van der Waals surface area contributed by atoms with Gasteiger partial charge in [0.05, 0.1) is 12.7 Å². The van der Waals surface area contributed by atoms with E-state index in [0.717, 1.165) is 22.4 Å². The van der Waals surface area contributed by atoms with Gasteiger partial charge in [-0.3, -0.25) is 0 Å². The molecule has 0 saturated heterocycles. The maximum atomic E-state index is 6.16. The maximum absolute atomic E-state index is 6.16. The molecule has 2 aromatic rings. The third-order valence-corrected chi connectivity index (χ3v) is 3.04. The zero-order valence-corrected chi connectivity index (χ0v) is 10.6. The second-order valence-electron chi connectivity index (χ2n) is 3.82. The fourth-order valence-electron chi connectivity index (χ4n) is 1.83. The van der Waals surface area contributed by atoms with Crippen LogP contribution in [0.5, 0.6) is 5.75 Å². The number of hydrogen-bond donors (Lipinski definition) is 1. The molecule has 0 spiro atoms. The summed E-state index contributed by atoms with van der Waals surface area (Å²) in [6.07, 6.45) is 0. The number of benzene rings is 1. The Kier molecular flexibility index (Phi) is 2.98. The van der Waals surface area contributed by atoms with Gasteiger partial charge in [-0.15, -0.1) is 0 Å². The number of methoxy groups -OCH3 is 1. The summed E-state index contributed by atoms with van der Waals surface area (Å²) in [4.78, 5) is 0. The Hall–Kier alpha value is -1.68. The second kappa shape index (κ2) is 4.30. The molecule has 1 aromatic heterocycles. The molecular formula is C12H13ClN2O2. The van der Waals surface area contributed by atoms with Gasteiger partial charge in [-0.05, 0) is 31.0 Å². The van der Waals surface area contributed by atoms with Crippen molar-refractivity contribution in [3.8, 4) is 17.0 Å². The quantitative estimate of drug-likeness (QED) is 0.892. The fourth-order valence-corrected chi connectivity index (χ4v) is 2.09. The highest BCUT2D eigenvalue weighted by molar-refractivity contribution is 6.32. The first-order chi connectivity index (χ1) is 8.04. The van der Waals surface area contributed by atoms with Crippen LogP contribution in [-0.4, -0.2) is 12.3 Å². The van der Waals surface area contributed by atoms with E-state index >= 15 is 0 Å². The van der Waals surface area contributed by atoms with Crippen LogP contribution in [0.15, 0.2) is 16.7 Å². The van der Waals surface area contributed by atoms with Gasteiger partial charge in [0, 0.05) is 11.1 Å². The van der Waals surface area contributed by atoms with E-state index in [-0.39, 0.29) is 5.88 Å². The molecule has 0 unspecified atom stereocenters. The standard InChI is InChI=1S/C12H13ClN2O2/c1-6-4-8(13)7(2)11(12(6)16-3)9-5-10(14)17-15-9/h4-5H,14H2,1-3H3. The third kappa shape index (κ3) is 1.96. The van der Waals surface area contributed by atoms with Gasteiger partial charge in [0.25, 0.3) is 0 Å². The predicted octanol–water partition coefficient (Wildman–Crippen LogP) is 3.20. The minimum atomic E-state index is 0.263. The Morgan fingerprint density at radius 1 is 1.35 bits per heavy atom. The Morgan fingerprint density at radius 3 is 2.59 bits per heavy atom. The molecular weight excluding hydrogens is 240 g/mol. The van der Waals surface area contributed by atoms with E-state index < -0.39 is 0 Å². The second-order valence-corrected chi connectivity index (χ2v) is 4.23. The van der Waals surface area contributed by atoms with Gasteiger partial charge in [0.1, 0.15) is 11.4 Å². The first kappa shape index (κ1) is 11.8. The number of hydrogen-bond acceptors (Lipinski definition) is 4. The predicted molar refractivity (Wildman–Crippen MR) is 67.4 cm³/mol. The number of halogens is 1. The SMILES string of the molecule is COc1c(C)cc(Cl)c(C)c1-c1cc(N)on1. The molecule has 0 fully saturated rings. The van der Waals surface area contributed by atoms with Crippen LogP contribution >= 0.6 is 11.6 Å². The average molecular weight is 253 g/mol. The molecule has 90 valence electrons. The molecule has 17 heavy (non-hydrogen) atoms. The molecule has 0 amide bonds. The molecule has 2 N–H and O–H groups in total. The molecule has 0 bridgehead atoms. The van der Waals surface area contributed by atoms with Gasteiger partial charge < -0.3 is 15.0 Å². The number of nitrogen functional groups attached to an aromatic ring is 1. The summed E-state index contributed by atoms with van der Waals surface area (Å²) in [7, 11) is 1.61. The summed E-state index contributed by atoms with van der Waals surface area (Å²) in [5.74, 6) is 0.999. The molecule has 0 aliphatic rings. The van der Waals surface area contributed by atoms with Crippen LogP contribution in [0.4, 0.5) is 5.88 Å². The summed E-state index contributed by atoms with van der Waals surface area (Å²) in [5.41, 5.74) is 8.81. The third-order valence-electron chi connectivity index (χ3n) is 2.65. The van der Waals surface area contributed by atoms with E-state index in [1.807, 2.05) is 19.9 Å². The maximum Gasteiger partial charge on any atom is 0.222 e. The lowest BCUT2D eigenvalue weighted by molar-refractivity contribution is 0.411. The van der Waals surface area contributed by atoms with E-state index in [4.69, 9.17) is 26.6 Å². The summed E-state index contributed by atoms with van der Waals surface area (Å²) < 4.78 is 10.3. The number of aromatic nitrogens is 1. The smallest absolute Gasteiger partial charge is 0.222 e. The summed E-state index contributed by atoms with van der Waals surface area (Å²) in [6, 6.07) is 3.52. The van der Waals surface area contributed by atoms with E-state index in [9.17, 15) is 0 Å². The summed E-state index contributed by atoms with van der Waals surface area (Å²) in [6.45, 7) is 3.83. The molecule has 0 atom stereocenters. The average Bonchev–Trinajstić information content (AvgIpc) is 2.69. The molecule has 0 aliphatic heterocycles. The number of nitrogens with two attached hydrogens (primary N) is 1. The lowest BCUT2D eigenvalue weighted by Gasteiger charge is -2.13. The van der Waals surface area contributed by atoms with Gasteiger partial charge in [-0.1, -0.05) is 16.8 Å². The molecule has 4 nitrogen and oxygen atoms in total. The lowest BCUT2D eigenvalue weighted by atomic mass is 10.0. The summed E-state index contributed by atoms with van der Waals surface area (Å²) >= 11 is 6.16. The van der Waals surface area contributed by atoms with Crippen molar-refractivity contribution in [3.63, 3.8) is 0 Å². The van der Waals surface area contributed by atoms with E-state index in [1.54, 1.807) is 13.2 Å². The van der Waals surface area contributed by atoms with Crippen molar-refractivity contribution in [2.75, 3.05) is 12.8 Å². The zero-order valence-electron chi connectivity index (χ0n) is 9.87. The first-order valence-electron chi connectivity index (χ1n) is 5.11. The van der Waals surface area contributed by atoms with Crippen molar-refractivity contribution in [2.45, 2.75) is 13.8 Å². The summed E-state index contributed by atoms with van der Waals surface area (Å²) in [5, 5.41) is 4.57. The molecule has 5 heteroatoms. The molecule has 0 radical (unpaired) electrons. The number of ether oxygens (including phenoxy) is 1. The van der Waals surface area contributed by atoms with Crippen molar-refractivity contribution >= 4 is 17.5 Å². The Labute approximate surface area is 104 Å². The van der Waals surface area contributed by atoms with E-state index in [0.29, 0.717) is 10.7 Å². The lowest BCUT2D eigenvalue weighted by Crippen LogP contribution is -1.95. The number of nitrogens with zero attached hydrogens (tertiary/aromatic N) is 1. The zero-order chi connectivity index (χ0) is 12.6. The van der Waals surface area contributed by atoms with Gasteiger partial charge in [0.2, 0.25) is 5.88 Å². The number of anilines is 1. The van der Waals surface area contributed by atoms with E-state index in [2.05, 4.69) is 5.16 Å². The van der Waals surface area contributed by atoms with Crippen LogP contribution in [0.1, 0.15) is 11.1 Å². The van der Waals surface area contributed by atoms with Crippen molar-refractivity contribution in [2.24, 2.45) is 0 Å². The Balaban J connectivity index is 2.74. The largest absolute Gasteiger partial charge is 0.496 e. The molecule has 2 rings (SSSR count). The van der Waals surface area contributed by atoms with Crippen molar-refractivity contribution in [3.05, 3.63) is 28.3 Å². The van der Waals surface area contributed by atoms with Gasteiger partial charge in [-0.25, -0.2) is 0 Å². The van der Waals surface area contributed by atoms with E-state index in [1.165, 1.54) is 0 Å². The minimum Gasteiger partial charge on any atom is -0.496 e. The normalized spacial score (nSPS) is 10.6. The Bertz CT molecular complexity index is 564. The van der Waals surface area contributed by atoms with Crippen LogP contribution in [0, 0.1) is 13.8 Å². The van der Waals surface area contributed by atoms with Crippen LogP contribution in [0.25, 0.3) is 11.3 Å². The topological polar surface area (TPSA) is 61.3 Å². The van der Waals surface area contributed by atoms with Crippen LogP contribution in [0.2, 0.25) is 5.02 Å². The molecule has 0 saturated carbocycles. The van der Waals surface area contributed by atoms with Crippen molar-refractivity contribution < 1.29 is 9.26 Å². The molecule has 1 aromatic carbocycles. The highest BCUT2D eigenvalue weighted by Gasteiger charge is 2.18. The molecule has 1 heterocycles. The highest BCUT2D eigenvalue weighted by atomic mass is 35.5. The van der Waals surface area contributed by atoms with Crippen LogP contribution in [-0.2, 0) is 0 Å². The van der Waals surface area contributed by atoms with Crippen LogP contribution < -0.4 is 10.5 Å². The van der Waals surface area contributed by atoms with Gasteiger partial charge >= 0.3 is 0 Å². The monoisotopic (exact) mass is 252 g/mol. The van der Waals surface area contributed by atoms with Gasteiger partial charge in [0.15, 0.2) is 0 Å². The van der Waals surface area contributed by atoms with Crippen LogP contribution in [0.3, 0.4) is 0 Å². The van der Waals surface area contributed by atoms with Crippen molar-refractivity contribution in [1.29, 1.82) is 0 Å². The number of rotatable bonds is 2. The number of aryl methyl sites for hydroxylation is 1. The fraction of sp³-hybridized carbons (Fsp3) is 0.250. The molecule has 0 aliphatic carbocycles. The van der Waals surface area contributed by atoms with Gasteiger partial charge in [-0.2, -0.15) is 0 Å². The van der Waals surface area contributed by atoms with Crippen molar-refractivity contribution in [1.82, 2.24) is 5.16 Å². The first-order valence-corrected chi connectivity index (χ1v) is 5.48. The highest BCUT2D eigenvalue weighted by Crippen LogP contribution is 2.39. The Morgan fingerprint density at radius 2 is 2.06 bits per heavy atom.